The Bertz CT molecular complexity index is 169. The van der Waals surface area contributed by atoms with Crippen molar-refractivity contribution in [1.82, 2.24) is 0 Å². The predicted molar refractivity (Wildman–Crippen MR) is 38.0 cm³/mol. The minimum Gasteiger partial charge on any atom is -0.396 e. The molecule has 62 valence electrons. The number of aliphatic hydroxyl groups is 1. The number of fused-ring (bicyclic) bond motifs is 2. The van der Waals surface area contributed by atoms with Gasteiger partial charge in [-0.2, -0.15) is 0 Å². The second-order valence-electron chi connectivity index (χ2n) is 3.35. The van der Waals surface area contributed by atoms with Gasteiger partial charge in [-0.15, -0.1) is 0 Å². The highest BCUT2D eigenvalue weighted by Crippen LogP contribution is 2.41. The third-order valence-electron chi connectivity index (χ3n) is 2.85. The average molecular weight is 156 g/mol. The zero-order chi connectivity index (χ0) is 7.84. The molecule has 0 aromatic carbocycles. The normalized spacial score (nSPS) is 48.1. The molecule has 4 atom stereocenters. The molecule has 3 nitrogen and oxygen atoms in total. The van der Waals surface area contributed by atoms with Crippen LogP contribution >= 0.6 is 0 Å². The second kappa shape index (κ2) is 2.57. The molecule has 2 rings (SSSR count). The lowest BCUT2D eigenvalue weighted by atomic mass is 9.81. The van der Waals surface area contributed by atoms with E-state index in [1.54, 1.807) is 0 Å². The predicted octanol–water partition coefficient (Wildman–Crippen LogP) is -0.0288. The molecule has 0 aliphatic carbocycles. The largest absolute Gasteiger partial charge is 0.396 e. The molecule has 0 radical (unpaired) electrons. The molecule has 2 fully saturated rings. The van der Waals surface area contributed by atoms with Crippen molar-refractivity contribution in [3.8, 4) is 0 Å². The summed E-state index contributed by atoms with van der Waals surface area (Å²) in [6.45, 7) is 0.0879. The topological polar surface area (TPSA) is 46.5 Å². The van der Waals surface area contributed by atoms with Crippen LogP contribution in [0.5, 0.6) is 0 Å². The van der Waals surface area contributed by atoms with Crippen molar-refractivity contribution in [3.63, 3.8) is 0 Å². The highest BCUT2D eigenvalue weighted by molar-refractivity contribution is 5.56. The van der Waals surface area contributed by atoms with E-state index in [-0.39, 0.29) is 30.7 Å². The molecule has 2 aliphatic rings. The summed E-state index contributed by atoms with van der Waals surface area (Å²) in [5.41, 5.74) is 0. The van der Waals surface area contributed by atoms with E-state index in [0.717, 1.165) is 19.1 Å². The summed E-state index contributed by atoms with van der Waals surface area (Å²) >= 11 is 0. The van der Waals surface area contributed by atoms with Gasteiger partial charge in [-0.05, 0) is 12.8 Å². The Morgan fingerprint density at radius 2 is 2.18 bits per heavy atom. The summed E-state index contributed by atoms with van der Waals surface area (Å²) < 4.78 is 5.49. The van der Waals surface area contributed by atoms with E-state index in [4.69, 9.17) is 9.84 Å². The zero-order valence-corrected chi connectivity index (χ0v) is 6.27. The zero-order valence-electron chi connectivity index (χ0n) is 6.27. The standard InChI is InChI=1S/C8H12O3/c9-3-5-6(4-10)8-2-1-7(5)11-8/h3,5-8,10H,1-2,4H2/t5-,6+,7+,8-/m1/s1. The second-order valence-corrected chi connectivity index (χ2v) is 3.35. The summed E-state index contributed by atoms with van der Waals surface area (Å²) in [5.74, 6) is 0.0324. The van der Waals surface area contributed by atoms with Gasteiger partial charge in [0.25, 0.3) is 0 Å². The monoisotopic (exact) mass is 156 g/mol. The molecule has 11 heavy (non-hydrogen) atoms. The van der Waals surface area contributed by atoms with Gasteiger partial charge in [0.05, 0.1) is 12.2 Å². The molecule has 0 saturated carbocycles. The molecule has 0 aromatic rings. The highest BCUT2D eigenvalue weighted by atomic mass is 16.5. The summed E-state index contributed by atoms with van der Waals surface area (Å²) in [5, 5.41) is 8.95. The third-order valence-corrected chi connectivity index (χ3v) is 2.85. The molecule has 2 saturated heterocycles. The van der Waals surface area contributed by atoms with Crippen molar-refractivity contribution in [2.45, 2.75) is 25.0 Å². The van der Waals surface area contributed by atoms with Gasteiger partial charge in [-0.25, -0.2) is 0 Å². The fourth-order valence-corrected chi connectivity index (χ4v) is 2.24. The smallest absolute Gasteiger partial charge is 0.126 e. The lowest BCUT2D eigenvalue weighted by Gasteiger charge is -2.20. The van der Waals surface area contributed by atoms with Crippen LogP contribution in [0.4, 0.5) is 0 Å². The number of carbonyl (C=O) groups excluding carboxylic acids is 1. The first kappa shape index (κ1) is 7.25. The Morgan fingerprint density at radius 1 is 1.45 bits per heavy atom. The summed E-state index contributed by atoms with van der Waals surface area (Å²) in [7, 11) is 0. The van der Waals surface area contributed by atoms with Crippen LogP contribution in [0.25, 0.3) is 0 Å². The first-order valence-corrected chi connectivity index (χ1v) is 4.08. The molecule has 0 spiro atoms. The Labute approximate surface area is 65.4 Å². The molecular formula is C8H12O3. The van der Waals surface area contributed by atoms with Gasteiger partial charge in [-0.3, -0.25) is 0 Å². The Hall–Kier alpha value is -0.410. The van der Waals surface area contributed by atoms with Crippen molar-refractivity contribution in [2.24, 2.45) is 11.8 Å². The van der Waals surface area contributed by atoms with Crippen molar-refractivity contribution in [1.29, 1.82) is 0 Å². The van der Waals surface area contributed by atoms with Gasteiger partial charge in [0.1, 0.15) is 6.29 Å². The first-order valence-electron chi connectivity index (χ1n) is 4.08. The maximum atomic E-state index is 10.6. The lowest BCUT2D eigenvalue weighted by Crippen LogP contribution is -2.30. The minimum absolute atomic E-state index is 0.0428. The van der Waals surface area contributed by atoms with E-state index in [1.165, 1.54) is 0 Å². The average Bonchev–Trinajstić information content (AvgIpc) is 2.60. The molecule has 0 unspecified atom stereocenters. The molecule has 0 aromatic heterocycles. The van der Waals surface area contributed by atoms with Crippen molar-refractivity contribution in [2.75, 3.05) is 6.61 Å². The van der Waals surface area contributed by atoms with Crippen molar-refractivity contribution >= 4 is 6.29 Å². The van der Waals surface area contributed by atoms with Gasteiger partial charge < -0.3 is 14.6 Å². The van der Waals surface area contributed by atoms with Gasteiger partial charge in [0, 0.05) is 18.4 Å². The molecule has 2 heterocycles. The number of hydrogen-bond acceptors (Lipinski definition) is 3. The van der Waals surface area contributed by atoms with Gasteiger partial charge in [0.2, 0.25) is 0 Å². The van der Waals surface area contributed by atoms with Crippen molar-refractivity contribution in [3.05, 3.63) is 0 Å². The molecule has 2 aliphatic heterocycles. The molecule has 3 heteroatoms. The minimum atomic E-state index is -0.0428. The summed E-state index contributed by atoms with van der Waals surface area (Å²) in [4.78, 5) is 10.6. The summed E-state index contributed by atoms with van der Waals surface area (Å²) in [6.07, 6.45) is 3.20. The number of aliphatic hydroxyl groups excluding tert-OH is 1. The fourth-order valence-electron chi connectivity index (χ4n) is 2.24. The Morgan fingerprint density at radius 3 is 2.73 bits per heavy atom. The third kappa shape index (κ3) is 0.914. The summed E-state index contributed by atoms with van der Waals surface area (Å²) in [6, 6.07) is 0. The number of aldehydes is 1. The quantitative estimate of drug-likeness (QED) is 0.571. The van der Waals surface area contributed by atoms with Gasteiger partial charge in [0.15, 0.2) is 0 Å². The molecule has 1 N–H and O–H groups in total. The van der Waals surface area contributed by atoms with Crippen LogP contribution in [0.15, 0.2) is 0 Å². The van der Waals surface area contributed by atoms with E-state index in [0.29, 0.717) is 0 Å². The Kier molecular flexibility index (Phi) is 1.69. The van der Waals surface area contributed by atoms with Crippen LogP contribution < -0.4 is 0 Å². The van der Waals surface area contributed by atoms with Crippen LogP contribution in [0.2, 0.25) is 0 Å². The molecule has 2 bridgehead atoms. The maximum Gasteiger partial charge on any atom is 0.126 e. The Balaban J connectivity index is 2.13. The number of rotatable bonds is 2. The number of hydrogen-bond donors (Lipinski definition) is 1. The van der Waals surface area contributed by atoms with Crippen LogP contribution in [-0.2, 0) is 9.53 Å². The van der Waals surface area contributed by atoms with Crippen LogP contribution in [0.1, 0.15) is 12.8 Å². The fraction of sp³-hybridized carbons (Fsp3) is 0.875. The number of ether oxygens (including phenoxy) is 1. The van der Waals surface area contributed by atoms with Crippen LogP contribution in [0, 0.1) is 11.8 Å². The van der Waals surface area contributed by atoms with Gasteiger partial charge in [-0.1, -0.05) is 0 Å². The maximum absolute atomic E-state index is 10.6. The van der Waals surface area contributed by atoms with Crippen LogP contribution in [0.3, 0.4) is 0 Å². The van der Waals surface area contributed by atoms with Crippen LogP contribution in [-0.4, -0.2) is 30.2 Å². The van der Waals surface area contributed by atoms with E-state index in [1.807, 2.05) is 0 Å². The van der Waals surface area contributed by atoms with E-state index in [9.17, 15) is 4.79 Å². The SMILES string of the molecule is O=C[C@@H]1[C@H](CO)[C@H]2CC[C@@H]1O2. The van der Waals surface area contributed by atoms with Gasteiger partial charge >= 0.3 is 0 Å². The molecular weight excluding hydrogens is 144 g/mol. The van der Waals surface area contributed by atoms with E-state index < -0.39 is 0 Å². The van der Waals surface area contributed by atoms with E-state index in [2.05, 4.69) is 0 Å². The van der Waals surface area contributed by atoms with E-state index >= 15 is 0 Å². The van der Waals surface area contributed by atoms with Crippen molar-refractivity contribution < 1.29 is 14.6 Å². The number of carbonyl (C=O) groups is 1. The first-order chi connectivity index (χ1) is 5.36. The highest BCUT2D eigenvalue weighted by Gasteiger charge is 2.48. The molecule has 0 amide bonds. The lowest BCUT2D eigenvalue weighted by molar-refractivity contribution is -0.113.